The summed E-state index contributed by atoms with van der Waals surface area (Å²) in [5.74, 6) is 0.0647. The van der Waals surface area contributed by atoms with Crippen LogP contribution in [0.2, 0.25) is 0 Å². The molecule has 0 saturated carbocycles. The van der Waals surface area contributed by atoms with Crippen LogP contribution in [0.3, 0.4) is 0 Å². The van der Waals surface area contributed by atoms with Gasteiger partial charge in [-0.05, 0) is 85.3 Å². The zero-order chi connectivity index (χ0) is 28.9. The van der Waals surface area contributed by atoms with E-state index in [9.17, 15) is 18.0 Å². The summed E-state index contributed by atoms with van der Waals surface area (Å²) in [6, 6.07) is 14.3. The Morgan fingerprint density at radius 1 is 0.950 bits per heavy atom. The van der Waals surface area contributed by atoms with E-state index in [-0.39, 0.29) is 16.5 Å². The van der Waals surface area contributed by atoms with Crippen LogP contribution in [-0.2, 0) is 23.5 Å². The molecule has 0 fully saturated rings. The zero-order valence-corrected chi connectivity index (χ0v) is 24.1. The Morgan fingerprint density at radius 3 is 2.23 bits per heavy atom. The quantitative estimate of drug-likeness (QED) is 0.331. The Morgan fingerprint density at radius 2 is 1.60 bits per heavy atom. The lowest BCUT2D eigenvalue weighted by Crippen LogP contribution is -2.31. The first kappa shape index (κ1) is 27.3. The van der Waals surface area contributed by atoms with Gasteiger partial charge in [-0.1, -0.05) is 31.5 Å². The smallest absolute Gasteiger partial charge is 0.271 e. The largest absolute Gasteiger partial charge is 0.344 e. The molecule has 0 aliphatic carbocycles. The summed E-state index contributed by atoms with van der Waals surface area (Å²) in [4.78, 5) is 31.6. The van der Waals surface area contributed by atoms with Crippen LogP contribution < -0.4 is 11.2 Å². The van der Waals surface area contributed by atoms with Crippen molar-refractivity contribution in [2.75, 3.05) is 0 Å². The summed E-state index contributed by atoms with van der Waals surface area (Å²) in [5.41, 5.74) is 6.51. The summed E-state index contributed by atoms with van der Waals surface area (Å²) >= 11 is 0. The number of nitrogens with one attached hydrogen (secondary N) is 1. The predicted molar refractivity (Wildman–Crippen MR) is 155 cm³/mol. The molecule has 3 heterocycles. The number of aromatic amines is 1. The van der Waals surface area contributed by atoms with Gasteiger partial charge in [0.15, 0.2) is 5.69 Å². The van der Waals surface area contributed by atoms with E-state index >= 15 is 0 Å². The van der Waals surface area contributed by atoms with Crippen LogP contribution in [0.15, 0.2) is 69.2 Å². The van der Waals surface area contributed by atoms with E-state index in [4.69, 9.17) is 4.98 Å². The van der Waals surface area contributed by atoms with Gasteiger partial charge in [0.2, 0.25) is 0 Å². The van der Waals surface area contributed by atoms with Crippen LogP contribution in [0, 0.1) is 20.8 Å². The molecule has 0 radical (unpaired) electrons. The van der Waals surface area contributed by atoms with Crippen LogP contribution >= 0.6 is 0 Å². The summed E-state index contributed by atoms with van der Waals surface area (Å²) in [6.07, 6.45) is 2.21. The molecular weight excluding hydrogens is 526 g/mol. The molecule has 9 nitrogen and oxygen atoms in total. The van der Waals surface area contributed by atoms with E-state index in [0.29, 0.717) is 23.0 Å². The van der Waals surface area contributed by atoms with Crippen molar-refractivity contribution in [2.45, 2.75) is 51.9 Å². The van der Waals surface area contributed by atoms with Gasteiger partial charge in [-0.2, -0.15) is 5.10 Å². The number of benzene rings is 2. The number of aromatic nitrogens is 5. The average molecular weight is 558 g/mol. The molecule has 0 saturated heterocycles. The maximum atomic E-state index is 13.6. The number of aryl methyl sites for hydroxylation is 4. The molecule has 40 heavy (non-hydrogen) atoms. The van der Waals surface area contributed by atoms with Gasteiger partial charge in [-0.25, -0.2) is 21.9 Å². The Balaban J connectivity index is 1.56. The van der Waals surface area contributed by atoms with Gasteiger partial charge < -0.3 is 0 Å². The van der Waals surface area contributed by atoms with Crippen molar-refractivity contribution in [3.63, 3.8) is 0 Å². The molecule has 0 spiro atoms. The number of pyridine rings is 1. The second kappa shape index (κ2) is 10.0. The molecule has 0 bridgehead atoms. The number of hydrogen-bond donors (Lipinski definition) is 1. The fourth-order valence-corrected chi connectivity index (χ4v) is 6.31. The number of nitrogens with zero attached hydrogens (tertiary/aromatic N) is 4. The Hall–Kier alpha value is -4.31. The van der Waals surface area contributed by atoms with Gasteiger partial charge in [0.1, 0.15) is 0 Å². The molecule has 5 aromatic rings. The monoisotopic (exact) mass is 557 g/mol. The average Bonchev–Trinajstić information content (AvgIpc) is 3.28. The van der Waals surface area contributed by atoms with Crippen molar-refractivity contribution in [3.8, 4) is 11.3 Å². The first-order chi connectivity index (χ1) is 18.9. The van der Waals surface area contributed by atoms with E-state index in [1.165, 1.54) is 11.0 Å². The van der Waals surface area contributed by atoms with E-state index < -0.39 is 21.3 Å². The molecule has 5 rings (SSSR count). The molecule has 0 aliphatic heterocycles. The van der Waals surface area contributed by atoms with Crippen molar-refractivity contribution in [1.29, 1.82) is 0 Å². The predicted octanol–water partition coefficient (Wildman–Crippen LogP) is 4.36. The van der Waals surface area contributed by atoms with E-state index in [2.05, 4.69) is 10.1 Å². The van der Waals surface area contributed by atoms with E-state index in [1.54, 1.807) is 30.5 Å². The first-order valence-electron chi connectivity index (χ1n) is 13.0. The molecular formula is C30H31N5O4S. The lowest BCUT2D eigenvalue weighted by Gasteiger charge is -2.13. The number of hydrogen-bond acceptors (Lipinski definition) is 6. The van der Waals surface area contributed by atoms with Gasteiger partial charge in [0, 0.05) is 30.9 Å². The van der Waals surface area contributed by atoms with Gasteiger partial charge >= 0.3 is 5.69 Å². The SMILES string of the molecule is Cc1ccc(S(=O)(=O)n2cc(C(C)C)c3nc(Cc4c(C)cc(-c5nn(C)c(=O)[nH]c5=O)cc4C)ccc32)cc1. The fraction of sp³-hybridized carbons (Fsp3) is 0.267. The topological polar surface area (TPSA) is 120 Å². The third kappa shape index (κ3) is 4.79. The standard InChI is InChI=1S/C30H31N5O4S/c1-17(2)25-16-35(40(38,39)23-10-7-18(3)8-11-23)26-12-9-22(31-28(25)26)15-24-19(4)13-21(14-20(24)5)27-29(36)32-30(37)34(6)33-27/h7-14,16-17H,15H2,1-6H3,(H,32,36,37). The molecule has 0 unspecified atom stereocenters. The number of fused-ring (bicyclic) bond motifs is 1. The highest BCUT2D eigenvalue weighted by Crippen LogP contribution is 2.31. The van der Waals surface area contributed by atoms with Crippen molar-refractivity contribution in [3.05, 3.63) is 109 Å². The van der Waals surface area contributed by atoms with Crippen LogP contribution in [0.1, 0.15) is 53.3 Å². The van der Waals surface area contributed by atoms with Crippen molar-refractivity contribution >= 4 is 21.1 Å². The third-order valence-corrected chi connectivity index (χ3v) is 8.89. The van der Waals surface area contributed by atoms with Gasteiger partial charge in [-0.3, -0.25) is 14.8 Å². The zero-order valence-electron chi connectivity index (χ0n) is 23.3. The van der Waals surface area contributed by atoms with Crippen molar-refractivity contribution in [2.24, 2.45) is 7.05 Å². The molecule has 2 aromatic carbocycles. The normalized spacial score (nSPS) is 12.0. The van der Waals surface area contributed by atoms with Crippen LogP contribution in [0.4, 0.5) is 0 Å². The minimum absolute atomic E-state index is 0.0647. The Bertz CT molecular complexity index is 1980. The van der Waals surface area contributed by atoms with Crippen LogP contribution in [0.25, 0.3) is 22.3 Å². The highest BCUT2D eigenvalue weighted by Gasteiger charge is 2.23. The summed E-state index contributed by atoms with van der Waals surface area (Å²) < 4.78 is 29.6. The fourth-order valence-electron chi connectivity index (χ4n) is 4.94. The van der Waals surface area contributed by atoms with Crippen LogP contribution in [-0.4, -0.2) is 32.1 Å². The highest BCUT2D eigenvalue weighted by molar-refractivity contribution is 7.90. The Labute approximate surface area is 232 Å². The lowest BCUT2D eigenvalue weighted by atomic mass is 9.94. The van der Waals surface area contributed by atoms with Gasteiger partial charge in [0.05, 0.1) is 15.9 Å². The summed E-state index contributed by atoms with van der Waals surface area (Å²) in [6.45, 7) is 9.89. The second-order valence-corrected chi connectivity index (χ2v) is 12.3. The first-order valence-corrected chi connectivity index (χ1v) is 14.4. The molecule has 0 aliphatic rings. The van der Waals surface area contributed by atoms with E-state index in [0.717, 1.165) is 38.2 Å². The molecule has 1 N–H and O–H groups in total. The van der Waals surface area contributed by atoms with Crippen LogP contribution in [0.5, 0.6) is 0 Å². The van der Waals surface area contributed by atoms with Crippen molar-refractivity contribution in [1.82, 2.24) is 23.7 Å². The third-order valence-electron chi connectivity index (χ3n) is 7.21. The maximum absolute atomic E-state index is 13.6. The molecule has 3 aromatic heterocycles. The highest BCUT2D eigenvalue weighted by atomic mass is 32.2. The number of rotatable bonds is 6. The molecule has 0 amide bonds. The van der Waals surface area contributed by atoms with Gasteiger partial charge in [0.25, 0.3) is 15.6 Å². The lowest BCUT2D eigenvalue weighted by molar-refractivity contribution is 0.589. The minimum Gasteiger partial charge on any atom is -0.271 e. The Kier molecular flexibility index (Phi) is 6.83. The summed E-state index contributed by atoms with van der Waals surface area (Å²) in [7, 11) is -2.31. The molecule has 10 heteroatoms. The summed E-state index contributed by atoms with van der Waals surface area (Å²) in [5, 5.41) is 4.14. The van der Waals surface area contributed by atoms with Gasteiger partial charge in [-0.15, -0.1) is 0 Å². The maximum Gasteiger partial charge on any atom is 0.344 e. The number of H-pyrrole nitrogens is 1. The molecule has 206 valence electrons. The van der Waals surface area contributed by atoms with E-state index in [1.807, 2.05) is 58.9 Å². The minimum atomic E-state index is -3.80. The molecule has 0 atom stereocenters. The second-order valence-electron chi connectivity index (χ2n) is 10.5. The van der Waals surface area contributed by atoms with Crippen molar-refractivity contribution < 1.29 is 8.42 Å².